The Morgan fingerprint density at radius 2 is 1.94 bits per heavy atom. The number of oxazole rings is 1. The number of hydrogen-bond donors (Lipinski definition) is 1. The van der Waals surface area contributed by atoms with E-state index in [1.807, 2.05) is 72.9 Å². The van der Waals surface area contributed by atoms with Crippen molar-refractivity contribution in [3.8, 4) is 11.3 Å². The summed E-state index contributed by atoms with van der Waals surface area (Å²) in [6, 6.07) is 14.5. The van der Waals surface area contributed by atoms with E-state index < -0.39 is 0 Å². The van der Waals surface area contributed by atoms with Crippen molar-refractivity contribution in [1.82, 2.24) is 19.7 Å². The van der Waals surface area contributed by atoms with Crippen molar-refractivity contribution in [1.29, 1.82) is 0 Å². The lowest BCUT2D eigenvalue weighted by atomic mass is 9.89. The maximum absolute atomic E-state index is 14.0. The Morgan fingerprint density at radius 1 is 1.15 bits per heavy atom. The van der Waals surface area contributed by atoms with Crippen molar-refractivity contribution in [2.45, 2.75) is 39.7 Å². The van der Waals surface area contributed by atoms with Crippen LogP contribution in [0.4, 0.5) is 6.01 Å². The van der Waals surface area contributed by atoms with E-state index in [1.165, 1.54) is 0 Å². The molecule has 0 spiro atoms. The third-order valence-corrected chi connectivity index (χ3v) is 6.88. The van der Waals surface area contributed by atoms with Gasteiger partial charge in [-0.2, -0.15) is 10.1 Å². The minimum atomic E-state index is 0.0397. The highest BCUT2D eigenvalue weighted by atomic mass is 16.4. The van der Waals surface area contributed by atoms with Gasteiger partial charge < -0.3 is 14.6 Å². The van der Waals surface area contributed by atoms with E-state index in [2.05, 4.69) is 22.3 Å². The molecule has 176 valence electrons. The first-order valence-electron chi connectivity index (χ1n) is 11.9. The molecular formula is C27H31N5O2. The third-order valence-electron chi connectivity index (χ3n) is 6.88. The molecule has 1 amide bonds. The molecule has 34 heavy (non-hydrogen) atoms. The summed E-state index contributed by atoms with van der Waals surface area (Å²) >= 11 is 0. The first-order valence-corrected chi connectivity index (χ1v) is 11.9. The van der Waals surface area contributed by atoms with Crippen molar-refractivity contribution in [3.63, 3.8) is 0 Å². The number of carbonyl (C=O) groups is 1. The average Bonchev–Trinajstić information content (AvgIpc) is 3.42. The number of nitrogens with one attached hydrogen (secondary N) is 1. The molecule has 5 rings (SSSR count). The summed E-state index contributed by atoms with van der Waals surface area (Å²) in [6.45, 7) is 7.61. The van der Waals surface area contributed by atoms with Crippen LogP contribution in [0.3, 0.4) is 0 Å². The molecule has 3 heterocycles. The fourth-order valence-electron chi connectivity index (χ4n) is 4.97. The Bertz CT molecular complexity index is 1340. The van der Waals surface area contributed by atoms with Crippen LogP contribution in [-0.4, -0.2) is 44.7 Å². The molecule has 0 bridgehead atoms. The maximum atomic E-state index is 14.0. The van der Waals surface area contributed by atoms with Gasteiger partial charge in [0.25, 0.3) is 11.9 Å². The van der Waals surface area contributed by atoms with Gasteiger partial charge in [0.05, 0.1) is 11.7 Å². The van der Waals surface area contributed by atoms with Crippen LogP contribution >= 0.6 is 0 Å². The van der Waals surface area contributed by atoms with Crippen molar-refractivity contribution in [2.24, 2.45) is 13.0 Å². The lowest BCUT2D eigenvalue weighted by molar-refractivity contribution is 0.0540. The minimum absolute atomic E-state index is 0.0397. The predicted molar refractivity (Wildman–Crippen MR) is 134 cm³/mol. The fraction of sp³-hybridized carbons (Fsp3) is 0.370. The molecule has 1 fully saturated rings. The number of rotatable bonds is 5. The van der Waals surface area contributed by atoms with Crippen molar-refractivity contribution < 1.29 is 9.21 Å². The zero-order valence-corrected chi connectivity index (χ0v) is 20.2. The zero-order chi connectivity index (χ0) is 23.8. The van der Waals surface area contributed by atoms with Crippen LogP contribution in [0.1, 0.15) is 41.3 Å². The number of fused-ring (bicyclic) bond motifs is 1. The Labute approximate surface area is 199 Å². The van der Waals surface area contributed by atoms with Crippen LogP contribution in [0.5, 0.6) is 0 Å². The second-order valence-corrected chi connectivity index (χ2v) is 9.45. The lowest BCUT2D eigenvalue weighted by Gasteiger charge is -2.40. The van der Waals surface area contributed by atoms with E-state index in [1.54, 1.807) is 6.20 Å². The predicted octanol–water partition coefficient (Wildman–Crippen LogP) is 5.20. The number of aryl methyl sites for hydroxylation is 3. The van der Waals surface area contributed by atoms with Gasteiger partial charge in [0, 0.05) is 37.5 Å². The van der Waals surface area contributed by atoms with E-state index in [-0.39, 0.29) is 11.9 Å². The number of piperidine rings is 1. The van der Waals surface area contributed by atoms with Crippen LogP contribution in [0.15, 0.2) is 53.1 Å². The summed E-state index contributed by atoms with van der Waals surface area (Å²) in [5.41, 5.74) is 6.38. The van der Waals surface area contributed by atoms with Gasteiger partial charge in [0.1, 0.15) is 5.52 Å². The highest BCUT2D eigenvalue weighted by molar-refractivity contribution is 6.01. The Morgan fingerprint density at radius 3 is 2.74 bits per heavy atom. The highest BCUT2D eigenvalue weighted by Gasteiger charge is 2.33. The van der Waals surface area contributed by atoms with Crippen LogP contribution in [0.2, 0.25) is 0 Å². The van der Waals surface area contributed by atoms with Gasteiger partial charge in [-0.05, 0) is 62.4 Å². The third kappa shape index (κ3) is 4.18. The molecular weight excluding hydrogens is 426 g/mol. The Kier molecular flexibility index (Phi) is 5.86. The maximum Gasteiger partial charge on any atom is 0.295 e. The van der Waals surface area contributed by atoms with E-state index in [0.717, 1.165) is 58.4 Å². The van der Waals surface area contributed by atoms with Crippen LogP contribution in [0, 0.1) is 19.8 Å². The normalized spacial score (nSPS) is 18.4. The summed E-state index contributed by atoms with van der Waals surface area (Å²) in [6.07, 6.45) is 3.85. The van der Waals surface area contributed by atoms with Crippen LogP contribution < -0.4 is 5.32 Å². The van der Waals surface area contributed by atoms with Gasteiger partial charge in [-0.15, -0.1) is 0 Å². The summed E-state index contributed by atoms with van der Waals surface area (Å²) in [5.74, 6) is 0.424. The molecule has 0 saturated carbocycles. The number of carbonyl (C=O) groups excluding carboxylic acids is 1. The topological polar surface area (TPSA) is 76.2 Å². The van der Waals surface area contributed by atoms with Gasteiger partial charge in [0.2, 0.25) is 0 Å². The number of hydrogen-bond acceptors (Lipinski definition) is 5. The van der Waals surface area contributed by atoms with E-state index in [9.17, 15) is 4.79 Å². The fourth-order valence-corrected chi connectivity index (χ4v) is 4.97. The van der Waals surface area contributed by atoms with E-state index in [0.29, 0.717) is 18.5 Å². The van der Waals surface area contributed by atoms with Gasteiger partial charge >= 0.3 is 0 Å². The molecule has 2 aromatic heterocycles. The molecule has 1 saturated heterocycles. The van der Waals surface area contributed by atoms with Crippen molar-refractivity contribution in [2.75, 3.05) is 18.4 Å². The number of nitrogens with zero attached hydrogens (tertiary/aromatic N) is 4. The molecule has 4 aromatic rings. The summed E-state index contributed by atoms with van der Waals surface area (Å²) in [4.78, 5) is 20.6. The second kappa shape index (κ2) is 8.97. The van der Waals surface area contributed by atoms with E-state index in [4.69, 9.17) is 4.42 Å². The summed E-state index contributed by atoms with van der Waals surface area (Å²) in [7, 11) is 1.90. The molecule has 7 heteroatoms. The lowest BCUT2D eigenvalue weighted by Crippen LogP contribution is -2.51. The van der Waals surface area contributed by atoms with E-state index >= 15 is 0 Å². The zero-order valence-electron chi connectivity index (χ0n) is 20.2. The Hall–Kier alpha value is -3.61. The molecule has 2 aromatic carbocycles. The molecule has 1 aliphatic rings. The molecule has 0 radical (unpaired) electrons. The molecule has 1 N–H and O–H groups in total. The number of amides is 1. The summed E-state index contributed by atoms with van der Waals surface area (Å²) in [5, 5.41) is 7.67. The van der Waals surface area contributed by atoms with Crippen molar-refractivity contribution in [3.05, 3.63) is 65.4 Å². The van der Waals surface area contributed by atoms with Gasteiger partial charge in [0.15, 0.2) is 5.58 Å². The number of benzene rings is 2. The molecule has 2 atom stereocenters. The SMILES string of the molecule is Cc1ccc(-c2ccnn2C)c(C(=O)N2CCCC(C)[C@H]2CNc2nc3cc(C)ccc3o2)c1. The number of aromatic nitrogens is 3. The number of anilines is 1. The Balaban J connectivity index is 1.42. The summed E-state index contributed by atoms with van der Waals surface area (Å²) < 4.78 is 7.71. The first kappa shape index (κ1) is 22.2. The molecule has 1 unspecified atom stereocenters. The molecule has 0 aliphatic carbocycles. The van der Waals surface area contributed by atoms with Crippen molar-refractivity contribution >= 4 is 23.0 Å². The van der Waals surface area contributed by atoms with Gasteiger partial charge in [-0.3, -0.25) is 9.48 Å². The largest absolute Gasteiger partial charge is 0.424 e. The quantitative estimate of drug-likeness (QED) is 0.446. The minimum Gasteiger partial charge on any atom is -0.424 e. The van der Waals surface area contributed by atoms with Crippen LogP contribution in [0.25, 0.3) is 22.4 Å². The van der Waals surface area contributed by atoms with Gasteiger partial charge in [-0.25, -0.2) is 0 Å². The van der Waals surface area contributed by atoms with Crippen LogP contribution in [-0.2, 0) is 7.05 Å². The van der Waals surface area contributed by atoms with Gasteiger partial charge in [-0.1, -0.05) is 30.7 Å². The standard InChI is InChI=1S/C27H31N5O2/c1-17-7-9-20(23-11-12-29-31(23)4)21(14-17)26(33)32-13-5-6-19(3)24(32)16-28-27-30-22-15-18(2)8-10-25(22)34-27/h7-12,14-15,19,24H,5-6,13,16H2,1-4H3,(H,28,30)/t19?,24-/m1/s1. The molecule has 1 aliphatic heterocycles. The first-order chi connectivity index (χ1) is 16.4. The second-order valence-electron chi connectivity index (χ2n) is 9.45. The molecule has 7 nitrogen and oxygen atoms in total. The smallest absolute Gasteiger partial charge is 0.295 e. The highest BCUT2D eigenvalue weighted by Crippen LogP contribution is 2.30. The average molecular weight is 458 g/mol. The number of likely N-dealkylation sites (tertiary alicyclic amines) is 1. The monoisotopic (exact) mass is 457 g/mol.